The standard InChI is InChI=1S/C14H9ClF3N3O2/c15-9-5-7(14(16,17)18)6-20-11(9)12(19)21-10-4-2-1-3-8(10)13(22)23/h1-6H,(H2,19,21)(H,22,23). The van der Waals surface area contributed by atoms with Gasteiger partial charge in [0.05, 0.1) is 21.8 Å². The van der Waals surface area contributed by atoms with Crippen LogP contribution in [0.2, 0.25) is 5.02 Å². The monoisotopic (exact) mass is 343 g/mol. The molecular weight excluding hydrogens is 335 g/mol. The minimum Gasteiger partial charge on any atom is -0.478 e. The van der Waals surface area contributed by atoms with Crippen LogP contribution in [0.5, 0.6) is 0 Å². The number of aromatic carboxylic acids is 1. The van der Waals surface area contributed by atoms with Crippen molar-refractivity contribution in [3.8, 4) is 0 Å². The molecule has 1 aromatic carbocycles. The molecule has 1 aromatic heterocycles. The predicted octanol–water partition coefficient (Wildman–Crippen LogP) is 3.49. The van der Waals surface area contributed by atoms with E-state index in [0.29, 0.717) is 12.3 Å². The van der Waals surface area contributed by atoms with Crippen molar-refractivity contribution in [1.29, 1.82) is 0 Å². The number of halogens is 4. The number of carboxylic acids is 1. The Morgan fingerprint density at radius 1 is 1.30 bits per heavy atom. The Kier molecular flexibility index (Phi) is 4.55. The van der Waals surface area contributed by atoms with E-state index in [0.717, 1.165) is 0 Å². The molecule has 0 saturated heterocycles. The summed E-state index contributed by atoms with van der Waals surface area (Å²) in [7, 11) is 0. The number of hydrogen-bond donors (Lipinski definition) is 2. The molecule has 0 aliphatic carbocycles. The second kappa shape index (κ2) is 6.25. The van der Waals surface area contributed by atoms with Gasteiger partial charge in [0.25, 0.3) is 0 Å². The van der Waals surface area contributed by atoms with E-state index in [2.05, 4.69) is 9.98 Å². The zero-order valence-electron chi connectivity index (χ0n) is 11.3. The molecule has 5 nitrogen and oxygen atoms in total. The van der Waals surface area contributed by atoms with Crippen molar-refractivity contribution in [3.63, 3.8) is 0 Å². The Bertz CT molecular complexity index is 791. The highest BCUT2D eigenvalue weighted by atomic mass is 35.5. The number of nitrogens with zero attached hydrogens (tertiary/aromatic N) is 2. The molecule has 9 heteroatoms. The van der Waals surface area contributed by atoms with Gasteiger partial charge in [-0.25, -0.2) is 9.79 Å². The molecule has 0 unspecified atom stereocenters. The fourth-order valence-electron chi connectivity index (χ4n) is 1.72. The predicted molar refractivity (Wildman–Crippen MR) is 78.0 cm³/mol. The van der Waals surface area contributed by atoms with E-state index >= 15 is 0 Å². The zero-order valence-corrected chi connectivity index (χ0v) is 12.1. The Morgan fingerprint density at radius 3 is 2.52 bits per heavy atom. The zero-order chi connectivity index (χ0) is 17.2. The lowest BCUT2D eigenvalue weighted by Gasteiger charge is -2.09. The first-order valence-corrected chi connectivity index (χ1v) is 6.47. The molecule has 23 heavy (non-hydrogen) atoms. The van der Waals surface area contributed by atoms with Gasteiger partial charge in [-0.2, -0.15) is 13.2 Å². The van der Waals surface area contributed by atoms with Gasteiger partial charge in [0, 0.05) is 6.20 Å². The summed E-state index contributed by atoms with van der Waals surface area (Å²) in [4.78, 5) is 18.5. The van der Waals surface area contributed by atoms with Gasteiger partial charge < -0.3 is 10.8 Å². The molecular formula is C14H9ClF3N3O2. The van der Waals surface area contributed by atoms with Crippen LogP contribution in [0.25, 0.3) is 0 Å². The Labute approximate surface area is 133 Å². The lowest BCUT2D eigenvalue weighted by molar-refractivity contribution is -0.137. The lowest BCUT2D eigenvalue weighted by Crippen LogP contribution is -2.17. The smallest absolute Gasteiger partial charge is 0.417 e. The average molecular weight is 344 g/mol. The van der Waals surface area contributed by atoms with Gasteiger partial charge >= 0.3 is 12.1 Å². The summed E-state index contributed by atoms with van der Waals surface area (Å²) in [5, 5.41) is 8.71. The van der Waals surface area contributed by atoms with Crippen molar-refractivity contribution in [3.05, 3.63) is 58.4 Å². The van der Waals surface area contributed by atoms with Gasteiger partial charge in [-0.15, -0.1) is 0 Å². The van der Waals surface area contributed by atoms with Crippen LogP contribution in [0.1, 0.15) is 21.6 Å². The second-order valence-electron chi connectivity index (χ2n) is 4.37. The van der Waals surface area contributed by atoms with Crippen LogP contribution in [-0.2, 0) is 6.18 Å². The molecule has 3 N–H and O–H groups in total. The number of nitrogens with two attached hydrogens (primary N) is 1. The molecule has 0 radical (unpaired) electrons. The maximum absolute atomic E-state index is 12.6. The van der Waals surface area contributed by atoms with Crippen molar-refractivity contribution >= 4 is 29.1 Å². The highest BCUT2D eigenvalue weighted by Crippen LogP contribution is 2.31. The fraction of sp³-hybridized carbons (Fsp3) is 0.0714. The number of benzene rings is 1. The lowest BCUT2D eigenvalue weighted by atomic mass is 10.2. The summed E-state index contributed by atoms with van der Waals surface area (Å²) in [6.45, 7) is 0. The molecule has 0 fully saturated rings. The van der Waals surface area contributed by atoms with Gasteiger partial charge in [-0.3, -0.25) is 4.98 Å². The first-order valence-electron chi connectivity index (χ1n) is 6.09. The molecule has 0 bridgehead atoms. The number of amidine groups is 1. The summed E-state index contributed by atoms with van der Waals surface area (Å²) in [5.41, 5.74) is 4.42. The summed E-state index contributed by atoms with van der Waals surface area (Å²) >= 11 is 5.76. The van der Waals surface area contributed by atoms with Crippen LogP contribution in [0.3, 0.4) is 0 Å². The van der Waals surface area contributed by atoms with Gasteiger partial charge in [-0.05, 0) is 18.2 Å². The van der Waals surface area contributed by atoms with Crippen LogP contribution in [0.15, 0.2) is 41.5 Å². The van der Waals surface area contributed by atoms with Crippen LogP contribution in [0, 0.1) is 0 Å². The molecule has 2 rings (SSSR count). The number of para-hydroxylation sites is 1. The van der Waals surface area contributed by atoms with Crippen LogP contribution < -0.4 is 5.73 Å². The van der Waals surface area contributed by atoms with Crippen molar-refractivity contribution < 1.29 is 23.1 Å². The Balaban J connectivity index is 2.45. The van der Waals surface area contributed by atoms with E-state index in [-0.39, 0.29) is 27.8 Å². The number of pyridine rings is 1. The third kappa shape index (κ3) is 3.78. The number of carbonyl (C=O) groups is 1. The molecule has 0 spiro atoms. The molecule has 120 valence electrons. The minimum atomic E-state index is -4.59. The van der Waals surface area contributed by atoms with E-state index in [4.69, 9.17) is 22.4 Å². The summed E-state index contributed by atoms with van der Waals surface area (Å²) in [5.74, 6) is -1.51. The Morgan fingerprint density at radius 2 is 1.96 bits per heavy atom. The highest BCUT2D eigenvalue weighted by Gasteiger charge is 2.31. The van der Waals surface area contributed by atoms with Gasteiger partial charge in [-0.1, -0.05) is 23.7 Å². The van der Waals surface area contributed by atoms with Crippen molar-refractivity contribution in [2.45, 2.75) is 6.18 Å². The van der Waals surface area contributed by atoms with Crippen LogP contribution >= 0.6 is 11.6 Å². The van der Waals surface area contributed by atoms with Crippen molar-refractivity contribution in [2.24, 2.45) is 10.7 Å². The van der Waals surface area contributed by atoms with Gasteiger partial charge in [0.1, 0.15) is 5.69 Å². The molecule has 0 aliphatic heterocycles. The van der Waals surface area contributed by atoms with Crippen molar-refractivity contribution in [2.75, 3.05) is 0 Å². The quantitative estimate of drug-likeness (QED) is 0.659. The molecule has 0 atom stereocenters. The first-order chi connectivity index (χ1) is 10.7. The minimum absolute atomic E-state index is 0.0373. The van der Waals surface area contributed by atoms with E-state index < -0.39 is 17.7 Å². The number of hydrogen-bond acceptors (Lipinski definition) is 3. The molecule has 0 aliphatic rings. The van der Waals surface area contributed by atoms with E-state index in [9.17, 15) is 18.0 Å². The normalized spacial score (nSPS) is 12.3. The Hall–Kier alpha value is -2.61. The number of alkyl halides is 3. The summed E-state index contributed by atoms with van der Waals surface area (Å²) < 4.78 is 37.7. The van der Waals surface area contributed by atoms with Gasteiger partial charge in [0.2, 0.25) is 0 Å². The fourth-order valence-corrected chi connectivity index (χ4v) is 1.98. The number of aliphatic imine (C=N–C) groups is 1. The summed E-state index contributed by atoms with van der Waals surface area (Å²) in [6, 6.07) is 6.43. The summed E-state index contributed by atoms with van der Waals surface area (Å²) in [6.07, 6.45) is -4.01. The molecule has 0 amide bonds. The van der Waals surface area contributed by atoms with Gasteiger partial charge in [0.15, 0.2) is 5.84 Å². The first kappa shape index (κ1) is 16.8. The maximum Gasteiger partial charge on any atom is 0.417 e. The largest absolute Gasteiger partial charge is 0.478 e. The topological polar surface area (TPSA) is 88.6 Å². The third-order valence-corrected chi connectivity index (χ3v) is 3.07. The number of aromatic nitrogens is 1. The third-order valence-electron chi connectivity index (χ3n) is 2.79. The maximum atomic E-state index is 12.6. The van der Waals surface area contributed by atoms with E-state index in [1.807, 2.05) is 0 Å². The van der Waals surface area contributed by atoms with Crippen molar-refractivity contribution in [1.82, 2.24) is 4.98 Å². The highest BCUT2D eigenvalue weighted by molar-refractivity contribution is 6.33. The molecule has 1 heterocycles. The average Bonchev–Trinajstić information content (AvgIpc) is 2.46. The van der Waals surface area contributed by atoms with Crippen LogP contribution in [-0.4, -0.2) is 21.9 Å². The van der Waals surface area contributed by atoms with E-state index in [1.165, 1.54) is 18.2 Å². The second-order valence-corrected chi connectivity index (χ2v) is 4.78. The van der Waals surface area contributed by atoms with E-state index in [1.54, 1.807) is 6.07 Å². The van der Waals surface area contributed by atoms with Crippen LogP contribution in [0.4, 0.5) is 18.9 Å². The number of rotatable bonds is 3. The SMILES string of the molecule is NC(=Nc1ccccc1C(=O)O)c1ncc(C(F)(F)F)cc1Cl. The molecule has 0 saturated carbocycles. The number of carboxylic acid groups (broad SMARTS) is 1. The molecule has 2 aromatic rings.